The van der Waals surface area contributed by atoms with E-state index in [-0.39, 0.29) is 23.4 Å². The van der Waals surface area contributed by atoms with Crippen LogP contribution >= 0.6 is 11.6 Å². The molecule has 2 aromatic rings. The number of rotatable bonds is 7. The Morgan fingerprint density at radius 1 is 1.14 bits per heavy atom. The number of hydrogen-bond donors (Lipinski definition) is 2. The van der Waals surface area contributed by atoms with Crippen LogP contribution in [0.4, 0.5) is 5.69 Å². The van der Waals surface area contributed by atoms with Gasteiger partial charge in [-0.05, 0) is 50.1 Å². The zero-order chi connectivity index (χ0) is 20.1. The van der Waals surface area contributed by atoms with Gasteiger partial charge in [0.25, 0.3) is 5.91 Å². The third-order valence-corrected chi connectivity index (χ3v) is 7.15. The fourth-order valence-corrected chi connectivity index (χ4v) is 5.08. The second-order valence-electron chi connectivity index (χ2n) is 6.93. The summed E-state index contributed by atoms with van der Waals surface area (Å²) in [5.74, 6) is -0.158. The van der Waals surface area contributed by atoms with Gasteiger partial charge in [0, 0.05) is 29.4 Å². The van der Waals surface area contributed by atoms with Gasteiger partial charge in [-0.3, -0.25) is 4.79 Å². The number of amides is 1. The minimum absolute atomic E-state index is 0.0485. The molecule has 1 atom stereocenters. The molecule has 0 aromatic heterocycles. The van der Waals surface area contributed by atoms with E-state index < -0.39 is 10.0 Å². The summed E-state index contributed by atoms with van der Waals surface area (Å²) in [6, 6.07) is 13.9. The zero-order valence-corrected chi connectivity index (χ0v) is 17.3. The molecule has 0 bridgehead atoms. The fourth-order valence-electron chi connectivity index (χ4n) is 3.25. The Morgan fingerprint density at radius 2 is 1.79 bits per heavy atom. The molecule has 1 aliphatic heterocycles. The molecule has 0 spiro atoms. The van der Waals surface area contributed by atoms with E-state index in [1.165, 1.54) is 4.31 Å². The second kappa shape index (κ2) is 9.05. The molecule has 0 unspecified atom stereocenters. The van der Waals surface area contributed by atoms with Crippen LogP contribution in [-0.4, -0.2) is 38.3 Å². The van der Waals surface area contributed by atoms with Crippen LogP contribution < -0.4 is 10.6 Å². The predicted octanol–water partition coefficient (Wildman–Crippen LogP) is 2.39. The molecule has 2 aromatic carbocycles. The molecule has 1 aliphatic rings. The lowest BCUT2D eigenvalue weighted by molar-refractivity contribution is -0.682. The van der Waals surface area contributed by atoms with E-state index in [0.29, 0.717) is 23.8 Å². The number of carbonyl (C=O) groups is 1. The van der Waals surface area contributed by atoms with Crippen molar-refractivity contribution in [1.29, 1.82) is 0 Å². The zero-order valence-electron chi connectivity index (χ0n) is 15.8. The first-order chi connectivity index (χ1) is 13.4. The van der Waals surface area contributed by atoms with E-state index in [9.17, 15) is 13.2 Å². The van der Waals surface area contributed by atoms with Crippen LogP contribution in [0.2, 0.25) is 5.02 Å². The van der Waals surface area contributed by atoms with Crippen molar-refractivity contribution < 1.29 is 18.5 Å². The Hall–Kier alpha value is -1.93. The number of quaternary nitrogens is 1. The van der Waals surface area contributed by atoms with Gasteiger partial charge >= 0.3 is 0 Å². The van der Waals surface area contributed by atoms with E-state index in [4.69, 9.17) is 11.6 Å². The molecule has 8 heteroatoms. The number of hydrogen-bond acceptors (Lipinski definition) is 3. The van der Waals surface area contributed by atoms with Gasteiger partial charge in [-0.25, -0.2) is 8.42 Å². The van der Waals surface area contributed by atoms with Crippen molar-refractivity contribution in [3.05, 3.63) is 59.1 Å². The molecule has 0 saturated carbocycles. The maximum Gasteiger partial charge on any atom is 0.279 e. The van der Waals surface area contributed by atoms with E-state index >= 15 is 0 Å². The van der Waals surface area contributed by atoms with Crippen LogP contribution in [0.1, 0.15) is 31.4 Å². The molecule has 3 N–H and O–H groups in total. The summed E-state index contributed by atoms with van der Waals surface area (Å²) in [4.78, 5) is 12.5. The van der Waals surface area contributed by atoms with Crippen molar-refractivity contribution in [3.8, 4) is 0 Å². The van der Waals surface area contributed by atoms with Crippen LogP contribution in [-0.2, 0) is 14.8 Å². The highest BCUT2D eigenvalue weighted by atomic mass is 35.5. The van der Waals surface area contributed by atoms with Crippen molar-refractivity contribution >= 4 is 33.2 Å². The second-order valence-corrected chi connectivity index (χ2v) is 9.28. The van der Waals surface area contributed by atoms with Gasteiger partial charge in [0.15, 0.2) is 6.54 Å². The predicted molar refractivity (Wildman–Crippen MR) is 110 cm³/mol. The van der Waals surface area contributed by atoms with E-state index in [1.807, 2.05) is 36.5 Å². The van der Waals surface area contributed by atoms with Crippen LogP contribution in [0.3, 0.4) is 0 Å². The Bertz CT molecular complexity index is 926. The number of halogens is 1. The Balaban J connectivity index is 1.55. The highest BCUT2D eigenvalue weighted by Gasteiger charge is 2.27. The molecule has 6 nitrogen and oxygen atoms in total. The third kappa shape index (κ3) is 4.91. The number of anilines is 1. The molecule has 3 rings (SSSR count). The number of sulfonamides is 1. The van der Waals surface area contributed by atoms with Gasteiger partial charge in [0.1, 0.15) is 6.04 Å². The molecule has 0 radical (unpaired) electrons. The number of benzene rings is 2. The highest BCUT2D eigenvalue weighted by Crippen LogP contribution is 2.22. The monoisotopic (exact) mass is 422 g/mol. The lowest BCUT2D eigenvalue weighted by atomic mass is 10.1. The number of nitrogens with one attached hydrogen (secondary N) is 1. The molecular formula is C20H25ClN3O3S+. The summed E-state index contributed by atoms with van der Waals surface area (Å²) in [5.41, 5.74) is 1.55. The normalized spacial score (nSPS) is 16.1. The molecule has 150 valence electrons. The van der Waals surface area contributed by atoms with E-state index in [1.54, 1.807) is 24.3 Å². The lowest BCUT2D eigenvalue weighted by Gasteiger charge is -2.16. The summed E-state index contributed by atoms with van der Waals surface area (Å²) in [5, 5.41) is 5.39. The minimum Gasteiger partial charge on any atom is -0.332 e. The highest BCUT2D eigenvalue weighted by molar-refractivity contribution is 7.89. The first-order valence-electron chi connectivity index (χ1n) is 9.36. The average Bonchev–Trinajstić information content (AvgIpc) is 3.23. The molecule has 0 aliphatic carbocycles. The van der Waals surface area contributed by atoms with Crippen LogP contribution in [0.5, 0.6) is 0 Å². The molecule has 1 amide bonds. The summed E-state index contributed by atoms with van der Waals surface area (Å²) < 4.78 is 26.6. The third-order valence-electron chi connectivity index (χ3n) is 4.89. The summed E-state index contributed by atoms with van der Waals surface area (Å²) in [6.45, 7) is 3.37. The smallest absolute Gasteiger partial charge is 0.279 e. The summed E-state index contributed by atoms with van der Waals surface area (Å²) in [6.07, 6.45) is 1.80. The number of carbonyl (C=O) groups excluding carboxylic acids is 1. The Kier molecular flexibility index (Phi) is 6.72. The molecule has 1 fully saturated rings. The lowest BCUT2D eigenvalue weighted by Crippen LogP contribution is -2.86. The van der Waals surface area contributed by atoms with Crippen molar-refractivity contribution in [3.63, 3.8) is 0 Å². The molecule has 1 heterocycles. The molecule has 28 heavy (non-hydrogen) atoms. The average molecular weight is 423 g/mol. The van der Waals surface area contributed by atoms with Gasteiger partial charge in [0.05, 0.1) is 4.90 Å². The van der Waals surface area contributed by atoms with E-state index in [2.05, 4.69) is 5.32 Å². The summed E-state index contributed by atoms with van der Waals surface area (Å²) in [7, 11) is -3.44. The quantitative estimate of drug-likeness (QED) is 0.718. The topological polar surface area (TPSA) is 83.1 Å². The molecule has 1 saturated heterocycles. The van der Waals surface area contributed by atoms with Crippen molar-refractivity contribution in [2.24, 2.45) is 0 Å². The van der Waals surface area contributed by atoms with Gasteiger partial charge < -0.3 is 10.6 Å². The summed E-state index contributed by atoms with van der Waals surface area (Å²) >= 11 is 6.19. The van der Waals surface area contributed by atoms with Crippen LogP contribution in [0, 0.1) is 0 Å². The van der Waals surface area contributed by atoms with Gasteiger partial charge in [-0.1, -0.05) is 29.8 Å². The van der Waals surface area contributed by atoms with Crippen molar-refractivity contribution in [2.45, 2.75) is 30.7 Å². The maximum atomic E-state index is 12.5. The van der Waals surface area contributed by atoms with Crippen molar-refractivity contribution in [1.82, 2.24) is 4.31 Å². The number of nitrogens with two attached hydrogens (primary N) is 1. The number of nitrogens with zero attached hydrogens (tertiary/aromatic N) is 1. The van der Waals surface area contributed by atoms with Gasteiger partial charge in [-0.15, -0.1) is 0 Å². The standard InChI is InChI=1S/C20H24ClN3O3S/c1-15(18-6-2-3-7-19(18)21)22-14-20(25)23-16-8-10-17(11-9-16)28(26,27)24-12-4-5-13-24/h2-3,6-11,15,22H,4-5,12-14H2,1H3,(H,23,25)/p+1/t15-/m1/s1. The van der Waals surface area contributed by atoms with Crippen molar-refractivity contribution in [2.75, 3.05) is 25.0 Å². The largest absolute Gasteiger partial charge is 0.332 e. The van der Waals surface area contributed by atoms with Gasteiger partial charge in [0.2, 0.25) is 10.0 Å². The van der Waals surface area contributed by atoms with Crippen LogP contribution in [0.15, 0.2) is 53.4 Å². The minimum atomic E-state index is -3.44. The Morgan fingerprint density at radius 3 is 2.43 bits per heavy atom. The fraction of sp³-hybridized carbons (Fsp3) is 0.350. The maximum absolute atomic E-state index is 12.5. The first kappa shape index (κ1) is 20.8. The van der Waals surface area contributed by atoms with Gasteiger partial charge in [-0.2, -0.15) is 4.31 Å². The first-order valence-corrected chi connectivity index (χ1v) is 11.2. The van der Waals surface area contributed by atoms with E-state index in [0.717, 1.165) is 18.4 Å². The molecular weight excluding hydrogens is 398 g/mol. The van der Waals surface area contributed by atoms with Crippen LogP contribution in [0.25, 0.3) is 0 Å². The Labute approximate surface area is 170 Å². The SMILES string of the molecule is C[C@@H]([NH2+]CC(=O)Nc1ccc(S(=O)(=O)N2CCCC2)cc1)c1ccccc1Cl.